The summed E-state index contributed by atoms with van der Waals surface area (Å²) in [5, 5.41) is 3.83. The molecule has 0 atom stereocenters. The average Bonchev–Trinajstić information content (AvgIpc) is 2.91. The van der Waals surface area contributed by atoms with E-state index < -0.39 is 10.0 Å². The third-order valence-corrected chi connectivity index (χ3v) is 8.68. The van der Waals surface area contributed by atoms with Crippen LogP contribution in [0, 0.1) is 0 Å². The van der Waals surface area contributed by atoms with Crippen LogP contribution in [0.3, 0.4) is 0 Å². The molecule has 0 aliphatic heterocycles. The van der Waals surface area contributed by atoms with Crippen LogP contribution in [-0.4, -0.2) is 68.0 Å². The van der Waals surface area contributed by atoms with Crippen molar-refractivity contribution in [1.29, 1.82) is 0 Å². The number of hydrogen-bond acceptors (Lipinski definition) is 7. The first-order valence-corrected chi connectivity index (χ1v) is 15.8. The van der Waals surface area contributed by atoms with Crippen molar-refractivity contribution in [3.8, 4) is 11.4 Å². The summed E-state index contributed by atoms with van der Waals surface area (Å²) in [6.07, 6.45) is 15.7. The molecular formula is C32H42N6O2S. The Balaban J connectivity index is 1.75. The fraction of sp³-hybridized carbons (Fsp3) is 0.406. The van der Waals surface area contributed by atoms with Crippen LogP contribution in [0.5, 0.6) is 0 Å². The first kappa shape index (κ1) is 30.4. The van der Waals surface area contributed by atoms with Gasteiger partial charge >= 0.3 is 0 Å². The van der Waals surface area contributed by atoms with E-state index in [0.29, 0.717) is 5.82 Å². The Bertz CT molecular complexity index is 1500. The first-order chi connectivity index (χ1) is 19.4. The Labute approximate surface area is 245 Å². The highest BCUT2D eigenvalue weighted by Gasteiger charge is 2.50. The topological polar surface area (TPSA) is 99.6 Å². The van der Waals surface area contributed by atoms with Gasteiger partial charge in [0.2, 0.25) is 10.0 Å². The van der Waals surface area contributed by atoms with Crippen LogP contribution in [-0.2, 0) is 10.0 Å². The summed E-state index contributed by atoms with van der Waals surface area (Å²) < 4.78 is 27.0. The summed E-state index contributed by atoms with van der Waals surface area (Å²) in [7, 11) is 2.44. The van der Waals surface area contributed by atoms with Gasteiger partial charge in [-0.15, -0.1) is 0 Å². The highest BCUT2D eigenvalue weighted by atomic mass is 32.2. The summed E-state index contributed by atoms with van der Waals surface area (Å²) in [4.78, 5) is 16.2. The van der Waals surface area contributed by atoms with Crippen LogP contribution in [0.15, 0.2) is 72.5 Å². The average molecular weight is 575 g/mol. The van der Waals surface area contributed by atoms with E-state index in [1.54, 1.807) is 7.05 Å². The Morgan fingerprint density at radius 2 is 1.76 bits per heavy atom. The predicted molar refractivity (Wildman–Crippen MR) is 171 cm³/mol. The van der Waals surface area contributed by atoms with Gasteiger partial charge in [0, 0.05) is 67.5 Å². The number of allylic oxidation sites excluding steroid dienone is 5. The summed E-state index contributed by atoms with van der Waals surface area (Å²) in [5.41, 5.74) is 5.04. The van der Waals surface area contributed by atoms with Gasteiger partial charge in [0.1, 0.15) is 5.82 Å². The smallest absolute Gasteiger partial charge is 0.209 e. The lowest BCUT2D eigenvalue weighted by molar-refractivity contribution is 0.113. The van der Waals surface area contributed by atoms with E-state index in [1.165, 1.54) is 6.26 Å². The van der Waals surface area contributed by atoms with Crippen LogP contribution >= 0.6 is 0 Å². The fourth-order valence-corrected chi connectivity index (χ4v) is 7.04. The molecule has 9 heteroatoms. The normalized spacial score (nSPS) is 23.0. The van der Waals surface area contributed by atoms with Gasteiger partial charge in [0.15, 0.2) is 5.82 Å². The van der Waals surface area contributed by atoms with E-state index in [2.05, 4.69) is 40.3 Å². The van der Waals surface area contributed by atoms with Crippen LogP contribution in [0.25, 0.3) is 22.5 Å². The van der Waals surface area contributed by atoms with Gasteiger partial charge in [0.25, 0.3) is 0 Å². The molecule has 2 N–H and O–H groups in total. The molecule has 0 radical (unpaired) electrons. The molecule has 41 heavy (non-hydrogen) atoms. The van der Waals surface area contributed by atoms with Gasteiger partial charge in [-0.25, -0.2) is 23.1 Å². The monoisotopic (exact) mass is 574 g/mol. The highest BCUT2D eigenvalue weighted by molar-refractivity contribution is 7.88. The molecule has 3 aliphatic carbocycles. The molecule has 0 saturated heterocycles. The quantitative estimate of drug-likeness (QED) is 0.264. The van der Waals surface area contributed by atoms with Crippen molar-refractivity contribution in [1.82, 2.24) is 19.6 Å². The number of hydrogen-bond donors (Lipinski definition) is 2. The molecule has 0 amide bonds. The van der Waals surface area contributed by atoms with Crippen molar-refractivity contribution >= 4 is 33.2 Å². The predicted octanol–water partition coefficient (Wildman–Crippen LogP) is 5.70. The third-order valence-electron chi connectivity index (χ3n) is 7.87. The fourth-order valence-electron chi connectivity index (χ4n) is 5.95. The van der Waals surface area contributed by atoms with Crippen molar-refractivity contribution in [3.63, 3.8) is 0 Å². The zero-order valence-corrected chi connectivity index (χ0v) is 25.7. The van der Waals surface area contributed by atoms with Crippen molar-refractivity contribution in [2.24, 2.45) is 4.99 Å². The number of sulfonamides is 1. The lowest BCUT2D eigenvalue weighted by atomic mass is 9.62. The Kier molecular flexibility index (Phi) is 8.99. The van der Waals surface area contributed by atoms with Crippen molar-refractivity contribution in [3.05, 3.63) is 78.7 Å². The molecule has 1 aromatic carbocycles. The van der Waals surface area contributed by atoms with E-state index in [9.17, 15) is 8.42 Å². The van der Waals surface area contributed by atoms with Gasteiger partial charge < -0.3 is 10.2 Å². The van der Waals surface area contributed by atoms with Gasteiger partial charge in [-0.1, -0.05) is 49.1 Å². The molecule has 0 spiro atoms. The first-order valence-electron chi connectivity index (χ1n) is 13.9. The van der Waals surface area contributed by atoms with E-state index in [-0.39, 0.29) is 11.1 Å². The Hall–Kier alpha value is -3.56. The van der Waals surface area contributed by atoms with Crippen LogP contribution < -0.4 is 10.0 Å². The van der Waals surface area contributed by atoms with E-state index in [1.807, 2.05) is 68.8 Å². The van der Waals surface area contributed by atoms with E-state index in [0.717, 1.165) is 77.8 Å². The number of aliphatic imine (C=N–C) groups is 1. The number of fused-ring (bicyclic) bond motifs is 3. The molecule has 1 heterocycles. The largest absolute Gasteiger partial charge is 0.383 e. The zero-order chi connectivity index (χ0) is 29.8. The van der Waals surface area contributed by atoms with Crippen LogP contribution in [0.2, 0.25) is 0 Å². The van der Waals surface area contributed by atoms with Gasteiger partial charge in [-0.2, -0.15) is 0 Å². The third kappa shape index (κ3) is 7.40. The highest BCUT2D eigenvalue weighted by Crippen LogP contribution is 2.49. The van der Waals surface area contributed by atoms with Crippen LogP contribution in [0.4, 0.5) is 5.82 Å². The maximum absolute atomic E-state index is 12.1. The molecule has 2 aromatic rings. The Morgan fingerprint density at radius 3 is 2.32 bits per heavy atom. The molecule has 5 rings (SSSR count). The van der Waals surface area contributed by atoms with Gasteiger partial charge in [-0.3, -0.25) is 4.99 Å². The van der Waals surface area contributed by atoms with Crippen molar-refractivity contribution in [2.75, 3.05) is 32.7 Å². The second kappa shape index (κ2) is 12.1. The van der Waals surface area contributed by atoms with Crippen molar-refractivity contribution in [2.45, 2.75) is 56.5 Å². The molecule has 218 valence electrons. The summed E-state index contributed by atoms with van der Waals surface area (Å²) >= 11 is 0. The molecule has 8 nitrogen and oxygen atoms in total. The summed E-state index contributed by atoms with van der Waals surface area (Å²) in [5.74, 6) is 1.36. The minimum absolute atomic E-state index is 0.175. The molecule has 0 unspecified atom stereocenters. The maximum Gasteiger partial charge on any atom is 0.209 e. The van der Waals surface area contributed by atoms with E-state index in [4.69, 9.17) is 9.97 Å². The minimum atomic E-state index is -3.27. The maximum atomic E-state index is 12.1. The number of nitrogens with one attached hydrogen (secondary N) is 2. The second-order valence-corrected chi connectivity index (χ2v) is 13.4. The lowest BCUT2D eigenvalue weighted by Gasteiger charge is -2.53. The minimum Gasteiger partial charge on any atom is -0.383 e. The zero-order valence-electron chi connectivity index (χ0n) is 24.9. The van der Waals surface area contributed by atoms with Gasteiger partial charge in [0.05, 0.1) is 6.26 Å². The van der Waals surface area contributed by atoms with Crippen LogP contribution in [0.1, 0.15) is 56.6 Å². The summed E-state index contributed by atoms with van der Waals surface area (Å²) in [6.45, 7) is 10.0. The molecule has 3 aliphatic rings. The number of benzene rings is 1. The van der Waals surface area contributed by atoms with Gasteiger partial charge in [-0.05, 0) is 62.7 Å². The molecular weight excluding hydrogens is 532 g/mol. The number of aromatic nitrogens is 2. The Morgan fingerprint density at radius 1 is 1.10 bits per heavy atom. The molecule has 1 aromatic heterocycles. The van der Waals surface area contributed by atoms with E-state index >= 15 is 0 Å². The number of rotatable bonds is 11. The number of nitrogens with zero attached hydrogens (tertiary/aromatic N) is 4. The SMILES string of the molecule is C=C/C(=C\N(C)C)c1cccc(-c2ncc(/C(C=NC)=C/C(=C)C)c(NC34CCC(NS(C)(=O)=O)(CC3)CC4)n2)c1. The van der Waals surface area contributed by atoms with Crippen molar-refractivity contribution < 1.29 is 8.42 Å². The second-order valence-electron chi connectivity index (χ2n) is 11.7. The molecule has 3 fully saturated rings. The summed E-state index contributed by atoms with van der Waals surface area (Å²) in [6, 6.07) is 8.16. The standard InChI is InChI=1S/C32H42N6O2S/c1-8-24(22-38(5)6)25-10-9-11-26(19-25)29-34-21-28(27(20-33-4)18-23(2)3)30(35-29)36-31-12-15-32(16-13-31,17-14-31)37-41(7,39)40/h8-11,18-22,37H,1-2,12-17H2,3-7H3,(H,34,35,36)/b24-22+,27-18+,33-20?. The lowest BCUT2D eigenvalue weighted by Crippen LogP contribution is -2.60. The number of anilines is 1. The molecule has 3 saturated carbocycles. The molecule has 2 bridgehead atoms.